The second-order valence-corrected chi connectivity index (χ2v) is 2.13. The maximum Gasteiger partial charge on any atom is 0.277 e. The molecule has 5 heteroatoms. The fourth-order valence-corrected chi connectivity index (χ4v) is 0.726. The van der Waals surface area contributed by atoms with Crippen LogP contribution in [-0.4, -0.2) is 37.2 Å². The van der Waals surface area contributed by atoms with Crippen molar-refractivity contribution in [3.63, 3.8) is 0 Å². The second-order valence-electron chi connectivity index (χ2n) is 2.13. The van der Waals surface area contributed by atoms with Crippen LogP contribution in [0, 0.1) is 0 Å². The van der Waals surface area contributed by atoms with Gasteiger partial charge in [-0.3, -0.25) is 14.4 Å². The fraction of sp³-hybridized carbons (Fsp3) is 0.429. The van der Waals surface area contributed by atoms with Crippen LogP contribution in [0.3, 0.4) is 0 Å². The van der Waals surface area contributed by atoms with Gasteiger partial charge in [-0.2, -0.15) is 0 Å². The molecule has 0 aliphatic carbocycles. The number of ether oxygens (including phenoxy) is 1. The number of nitrogens with zero attached hydrogens (tertiary/aromatic N) is 1. The number of methoxy groups -OCH3 is 1. The lowest BCUT2D eigenvalue weighted by Gasteiger charge is -2.12. The van der Waals surface area contributed by atoms with Crippen molar-refractivity contribution >= 4 is 11.8 Å². The Bertz CT molecular complexity index is 205. The first-order chi connectivity index (χ1) is 5.75. The van der Waals surface area contributed by atoms with E-state index in [0.29, 0.717) is 11.7 Å². The zero-order valence-corrected chi connectivity index (χ0v) is 6.65. The maximum atomic E-state index is 10.8. The minimum Gasteiger partial charge on any atom is -0.382 e. The van der Waals surface area contributed by atoms with Gasteiger partial charge in [0.25, 0.3) is 11.8 Å². The molecule has 1 heterocycles. The van der Waals surface area contributed by atoms with Crippen molar-refractivity contribution in [3.05, 3.63) is 12.2 Å². The molecule has 5 nitrogen and oxygen atoms in total. The second kappa shape index (κ2) is 3.99. The summed E-state index contributed by atoms with van der Waals surface area (Å²) in [6.07, 6.45) is 2.32. The average Bonchev–Trinajstić information content (AvgIpc) is 2.35. The Hall–Kier alpha value is -1.20. The Labute approximate surface area is 69.5 Å². The van der Waals surface area contributed by atoms with E-state index in [-0.39, 0.29) is 6.61 Å². The number of imide groups is 1. The van der Waals surface area contributed by atoms with Crippen molar-refractivity contribution in [3.8, 4) is 0 Å². The molecule has 0 atom stereocenters. The first kappa shape index (κ1) is 8.89. The SMILES string of the molecule is COCCON1C(=O)C=CC1=O. The van der Waals surface area contributed by atoms with E-state index in [2.05, 4.69) is 4.74 Å². The van der Waals surface area contributed by atoms with E-state index in [4.69, 9.17) is 4.84 Å². The van der Waals surface area contributed by atoms with Gasteiger partial charge in [0.1, 0.15) is 0 Å². The van der Waals surface area contributed by atoms with Crippen LogP contribution in [0.1, 0.15) is 0 Å². The predicted molar refractivity (Wildman–Crippen MR) is 38.8 cm³/mol. The first-order valence-corrected chi connectivity index (χ1v) is 3.43. The molecule has 0 aromatic rings. The Morgan fingerprint density at radius 1 is 1.25 bits per heavy atom. The van der Waals surface area contributed by atoms with Gasteiger partial charge in [-0.05, 0) is 0 Å². The summed E-state index contributed by atoms with van der Waals surface area (Å²) in [7, 11) is 1.51. The summed E-state index contributed by atoms with van der Waals surface area (Å²) < 4.78 is 4.68. The highest BCUT2D eigenvalue weighted by Crippen LogP contribution is 2.03. The van der Waals surface area contributed by atoms with E-state index in [1.54, 1.807) is 0 Å². The molecule has 0 fully saturated rings. The summed E-state index contributed by atoms with van der Waals surface area (Å²) in [6.45, 7) is 0.534. The lowest BCUT2D eigenvalue weighted by atomic mass is 10.6. The number of hydroxylamine groups is 2. The van der Waals surface area contributed by atoms with E-state index >= 15 is 0 Å². The largest absolute Gasteiger partial charge is 0.382 e. The van der Waals surface area contributed by atoms with Crippen molar-refractivity contribution in [1.29, 1.82) is 0 Å². The van der Waals surface area contributed by atoms with Gasteiger partial charge in [-0.25, -0.2) is 0 Å². The van der Waals surface area contributed by atoms with Crippen LogP contribution in [0.4, 0.5) is 0 Å². The van der Waals surface area contributed by atoms with Gasteiger partial charge >= 0.3 is 0 Å². The number of hydrogen-bond donors (Lipinski definition) is 0. The molecular weight excluding hydrogens is 162 g/mol. The molecule has 0 N–H and O–H groups in total. The highest BCUT2D eigenvalue weighted by atomic mass is 16.7. The summed E-state index contributed by atoms with van der Waals surface area (Å²) in [5.74, 6) is -0.896. The van der Waals surface area contributed by atoms with E-state index < -0.39 is 11.8 Å². The van der Waals surface area contributed by atoms with Crippen LogP contribution in [-0.2, 0) is 19.2 Å². The van der Waals surface area contributed by atoms with E-state index in [0.717, 1.165) is 12.2 Å². The fourth-order valence-electron chi connectivity index (χ4n) is 0.726. The normalized spacial score (nSPS) is 16.2. The van der Waals surface area contributed by atoms with Crippen molar-refractivity contribution in [2.45, 2.75) is 0 Å². The molecule has 0 spiro atoms. The van der Waals surface area contributed by atoms with Gasteiger partial charge in [0.15, 0.2) is 0 Å². The Balaban J connectivity index is 2.33. The van der Waals surface area contributed by atoms with Crippen LogP contribution in [0.15, 0.2) is 12.2 Å². The number of rotatable bonds is 4. The van der Waals surface area contributed by atoms with Crippen LogP contribution >= 0.6 is 0 Å². The summed E-state index contributed by atoms with van der Waals surface area (Å²) in [4.78, 5) is 26.5. The standard InChI is InChI=1S/C7H9NO4/c1-11-4-5-12-8-6(9)2-3-7(8)10/h2-3H,4-5H2,1H3. The lowest BCUT2D eigenvalue weighted by Crippen LogP contribution is -2.31. The van der Waals surface area contributed by atoms with Crippen molar-refractivity contribution < 1.29 is 19.2 Å². The van der Waals surface area contributed by atoms with Gasteiger partial charge < -0.3 is 4.74 Å². The van der Waals surface area contributed by atoms with Gasteiger partial charge in [0, 0.05) is 19.3 Å². The van der Waals surface area contributed by atoms with Crippen LogP contribution in [0.5, 0.6) is 0 Å². The number of carbonyl (C=O) groups is 2. The molecule has 0 saturated carbocycles. The van der Waals surface area contributed by atoms with Crippen molar-refractivity contribution in [1.82, 2.24) is 5.06 Å². The lowest BCUT2D eigenvalue weighted by molar-refractivity contribution is -0.188. The highest BCUT2D eigenvalue weighted by molar-refractivity contribution is 6.11. The average molecular weight is 171 g/mol. The molecule has 1 aliphatic rings. The smallest absolute Gasteiger partial charge is 0.277 e. The van der Waals surface area contributed by atoms with Crippen molar-refractivity contribution in [2.24, 2.45) is 0 Å². The van der Waals surface area contributed by atoms with Gasteiger partial charge in [-0.15, -0.1) is 5.06 Å². The molecule has 1 aliphatic heterocycles. The third kappa shape index (κ3) is 1.90. The third-order valence-corrected chi connectivity index (χ3v) is 1.28. The molecule has 2 amide bonds. The maximum absolute atomic E-state index is 10.8. The molecule has 0 saturated heterocycles. The third-order valence-electron chi connectivity index (χ3n) is 1.28. The zero-order chi connectivity index (χ0) is 8.97. The molecule has 0 unspecified atom stereocenters. The summed E-state index contributed by atoms with van der Waals surface area (Å²) >= 11 is 0. The van der Waals surface area contributed by atoms with E-state index in [1.165, 1.54) is 7.11 Å². The molecular formula is C7H9NO4. The minimum atomic E-state index is -0.448. The predicted octanol–water partition coefficient (Wildman–Crippen LogP) is -0.511. The quantitative estimate of drug-likeness (QED) is 0.422. The van der Waals surface area contributed by atoms with E-state index in [1.807, 2.05) is 0 Å². The van der Waals surface area contributed by atoms with Gasteiger partial charge in [-0.1, -0.05) is 0 Å². The first-order valence-electron chi connectivity index (χ1n) is 3.43. The van der Waals surface area contributed by atoms with Crippen molar-refractivity contribution in [2.75, 3.05) is 20.3 Å². The van der Waals surface area contributed by atoms with Crippen LogP contribution in [0.2, 0.25) is 0 Å². The topological polar surface area (TPSA) is 55.8 Å². The van der Waals surface area contributed by atoms with Crippen LogP contribution in [0.25, 0.3) is 0 Å². The molecule has 1 rings (SSSR count). The number of amides is 2. The highest BCUT2D eigenvalue weighted by Gasteiger charge is 2.24. The summed E-state index contributed by atoms with van der Waals surface area (Å²) in [5.41, 5.74) is 0. The minimum absolute atomic E-state index is 0.190. The molecule has 0 bridgehead atoms. The monoisotopic (exact) mass is 171 g/mol. The van der Waals surface area contributed by atoms with Gasteiger partial charge in [0.2, 0.25) is 0 Å². The molecule has 0 aromatic carbocycles. The number of hydrogen-bond acceptors (Lipinski definition) is 4. The molecule has 0 aromatic heterocycles. The van der Waals surface area contributed by atoms with Gasteiger partial charge in [0.05, 0.1) is 13.2 Å². The zero-order valence-electron chi connectivity index (χ0n) is 6.65. The molecule has 12 heavy (non-hydrogen) atoms. The summed E-state index contributed by atoms with van der Waals surface area (Å²) in [6, 6.07) is 0. The summed E-state index contributed by atoms with van der Waals surface area (Å²) in [5, 5.41) is 0.707. The Morgan fingerprint density at radius 2 is 1.83 bits per heavy atom. The molecule has 66 valence electrons. The van der Waals surface area contributed by atoms with Crippen LogP contribution < -0.4 is 0 Å². The number of carbonyl (C=O) groups excluding carboxylic acids is 2. The Morgan fingerprint density at radius 3 is 2.33 bits per heavy atom. The Kier molecular flexibility index (Phi) is 2.95. The molecule has 0 radical (unpaired) electrons. The van der Waals surface area contributed by atoms with E-state index in [9.17, 15) is 9.59 Å².